The number of nitrogens with zero attached hydrogens (tertiary/aromatic N) is 1. The zero-order chi connectivity index (χ0) is 15.2. The number of amides is 1. The number of hydrogen-bond acceptors (Lipinski definition) is 2. The molecule has 1 fully saturated rings. The van der Waals surface area contributed by atoms with Crippen LogP contribution in [0.4, 0.5) is 0 Å². The average Bonchev–Trinajstić information content (AvgIpc) is 2.57. The number of benzene rings is 1. The third kappa shape index (κ3) is 3.73. The zero-order valence-corrected chi connectivity index (χ0v) is 12.7. The Balaban J connectivity index is 1.65. The highest BCUT2D eigenvalue weighted by atomic mass is 16.1. The molecule has 1 saturated carbocycles. The average molecular weight is 294 g/mol. The topological polar surface area (TPSA) is 42.0 Å². The Kier molecular flexibility index (Phi) is 4.84. The van der Waals surface area contributed by atoms with Gasteiger partial charge in [0, 0.05) is 23.9 Å². The van der Waals surface area contributed by atoms with Gasteiger partial charge in [0.2, 0.25) is 5.91 Å². The second kappa shape index (κ2) is 7.21. The molecule has 1 heterocycles. The highest BCUT2D eigenvalue weighted by Crippen LogP contribution is 2.33. The van der Waals surface area contributed by atoms with E-state index in [1.54, 1.807) is 6.20 Å². The van der Waals surface area contributed by atoms with Crippen molar-refractivity contribution in [1.29, 1.82) is 0 Å². The summed E-state index contributed by atoms with van der Waals surface area (Å²) >= 11 is 0. The molecule has 22 heavy (non-hydrogen) atoms. The zero-order valence-electron chi connectivity index (χ0n) is 12.7. The SMILES string of the molecule is O=C(Cc1ccccn1)N[C@@H]1CCCC[C@H]1c1ccccc1. The summed E-state index contributed by atoms with van der Waals surface area (Å²) in [5, 5.41) is 3.24. The van der Waals surface area contributed by atoms with Gasteiger partial charge in [0.05, 0.1) is 6.42 Å². The van der Waals surface area contributed by atoms with E-state index in [0.29, 0.717) is 12.3 Å². The largest absolute Gasteiger partial charge is 0.352 e. The maximum Gasteiger partial charge on any atom is 0.226 e. The highest BCUT2D eigenvalue weighted by molar-refractivity contribution is 5.78. The van der Waals surface area contributed by atoms with E-state index >= 15 is 0 Å². The first-order valence-corrected chi connectivity index (χ1v) is 8.07. The van der Waals surface area contributed by atoms with Crippen LogP contribution in [0.15, 0.2) is 54.7 Å². The third-order valence-corrected chi connectivity index (χ3v) is 4.41. The molecular formula is C19H22N2O. The molecule has 0 spiro atoms. The number of hydrogen-bond donors (Lipinski definition) is 1. The molecule has 1 aromatic heterocycles. The number of carbonyl (C=O) groups is 1. The first-order chi connectivity index (χ1) is 10.8. The van der Waals surface area contributed by atoms with Crippen LogP contribution in [0.5, 0.6) is 0 Å². The monoisotopic (exact) mass is 294 g/mol. The van der Waals surface area contributed by atoms with Crippen LogP contribution in [0.3, 0.4) is 0 Å². The van der Waals surface area contributed by atoms with Gasteiger partial charge < -0.3 is 5.32 Å². The molecule has 3 rings (SSSR count). The fraction of sp³-hybridized carbons (Fsp3) is 0.368. The molecule has 0 unspecified atom stereocenters. The van der Waals surface area contributed by atoms with Crippen molar-refractivity contribution >= 4 is 5.91 Å². The van der Waals surface area contributed by atoms with Crippen molar-refractivity contribution in [2.75, 3.05) is 0 Å². The lowest BCUT2D eigenvalue weighted by atomic mass is 9.80. The standard InChI is InChI=1S/C19H22N2O/c22-19(14-16-10-6-7-13-20-16)21-18-12-5-4-11-17(18)15-8-2-1-3-9-15/h1-3,6-10,13,17-18H,4-5,11-12,14H2,(H,21,22)/t17-,18+/m0/s1. The van der Waals surface area contributed by atoms with Crippen LogP contribution in [0, 0.1) is 0 Å². The lowest BCUT2D eigenvalue weighted by molar-refractivity contribution is -0.121. The van der Waals surface area contributed by atoms with Gasteiger partial charge >= 0.3 is 0 Å². The minimum Gasteiger partial charge on any atom is -0.352 e. The molecule has 2 atom stereocenters. The van der Waals surface area contributed by atoms with Gasteiger partial charge in [0.1, 0.15) is 0 Å². The molecule has 1 aliphatic carbocycles. The van der Waals surface area contributed by atoms with Crippen molar-refractivity contribution in [3.05, 3.63) is 66.0 Å². The Labute approximate surface area is 131 Å². The van der Waals surface area contributed by atoms with Crippen LogP contribution in [0.25, 0.3) is 0 Å². The maximum atomic E-state index is 12.3. The van der Waals surface area contributed by atoms with E-state index in [1.165, 1.54) is 18.4 Å². The molecule has 3 heteroatoms. The first-order valence-electron chi connectivity index (χ1n) is 8.07. The molecule has 1 N–H and O–H groups in total. The lowest BCUT2D eigenvalue weighted by Gasteiger charge is -2.32. The van der Waals surface area contributed by atoms with Crippen LogP contribution in [-0.4, -0.2) is 16.9 Å². The Hall–Kier alpha value is -2.16. The molecule has 0 saturated heterocycles. The molecule has 1 amide bonds. The fourth-order valence-corrected chi connectivity index (χ4v) is 3.33. The second-order valence-corrected chi connectivity index (χ2v) is 5.97. The van der Waals surface area contributed by atoms with Crippen molar-refractivity contribution in [2.24, 2.45) is 0 Å². The smallest absolute Gasteiger partial charge is 0.226 e. The van der Waals surface area contributed by atoms with E-state index in [4.69, 9.17) is 0 Å². The van der Waals surface area contributed by atoms with Gasteiger partial charge in [-0.25, -0.2) is 0 Å². The minimum absolute atomic E-state index is 0.0755. The number of nitrogens with one attached hydrogen (secondary N) is 1. The second-order valence-electron chi connectivity index (χ2n) is 5.97. The molecule has 0 aliphatic heterocycles. The van der Waals surface area contributed by atoms with E-state index in [2.05, 4.69) is 34.6 Å². The molecule has 0 radical (unpaired) electrons. The van der Waals surface area contributed by atoms with E-state index in [0.717, 1.165) is 18.5 Å². The van der Waals surface area contributed by atoms with E-state index in [9.17, 15) is 4.79 Å². The lowest BCUT2D eigenvalue weighted by Crippen LogP contribution is -2.41. The van der Waals surface area contributed by atoms with Gasteiger partial charge in [-0.3, -0.25) is 9.78 Å². The first kappa shape index (κ1) is 14.8. The molecule has 114 valence electrons. The molecule has 0 bridgehead atoms. The normalized spacial score (nSPS) is 21.3. The fourth-order valence-electron chi connectivity index (χ4n) is 3.33. The quantitative estimate of drug-likeness (QED) is 0.938. The van der Waals surface area contributed by atoms with Crippen LogP contribution < -0.4 is 5.32 Å². The van der Waals surface area contributed by atoms with Gasteiger partial charge in [-0.1, -0.05) is 49.2 Å². The molecule has 3 nitrogen and oxygen atoms in total. The van der Waals surface area contributed by atoms with Gasteiger partial charge in [-0.2, -0.15) is 0 Å². The Bertz CT molecular complexity index is 597. The summed E-state index contributed by atoms with van der Waals surface area (Å²) in [7, 11) is 0. The summed E-state index contributed by atoms with van der Waals surface area (Å²) in [6.07, 6.45) is 6.74. The van der Waals surface area contributed by atoms with Crippen molar-refractivity contribution in [3.8, 4) is 0 Å². The van der Waals surface area contributed by atoms with Crippen LogP contribution in [0.1, 0.15) is 42.9 Å². The maximum absolute atomic E-state index is 12.3. The van der Waals surface area contributed by atoms with Gasteiger partial charge in [-0.15, -0.1) is 0 Å². The molecule has 1 aromatic carbocycles. The summed E-state index contributed by atoms with van der Waals surface area (Å²) in [4.78, 5) is 16.5. The predicted molar refractivity (Wildman–Crippen MR) is 87.5 cm³/mol. The van der Waals surface area contributed by atoms with Gasteiger partial charge in [-0.05, 0) is 30.5 Å². The number of pyridine rings is 1. The van der Waals surface area contributed by atoms with Gasteiger partial charge in [0.25, 0.3) is 0 Å². The van der Waals surface area contributed by atoms with Crippen molar-refractivity contribution in [2.45, 2.75) is 44.1 Å². The molecular weight excluding hydrogens is 272 g/mol. The van der Waals surface area contributed by atoms with Crippen LogP contribution >= 0.6 is 0 Å². The van der Waals surface area contributed by atoms with Crippen LogP contribution in [-0.2, 0) is 11.2 Å². The summed E-state index contributed by atoms with van der Waals surface area (Å²) in [5.74, 6) is 0.508. The number of rotatable bonds is 4. The van der Waals surface area contributed by atoms with Crippen LogP contribution in [0.2, 0.25) is 0 Å². The summed E-state index contributed by atoms with van der Waals surface area (Å²) in [5.41, 5.74) is 2.16. The molecule has 2 aromatic rings. The number of aromatic nitrogens is 1. The Morgan fingerprint density at radius 2 is 1.82 bits per heavy atom. The Morgan fingerprint density at radius 3 is 2.59 bits per heavy atom. The summed E-state index contributed by atoms with van der Waals surface area (Å²) in [6.45, 7) is 0. The highest BCUT2D eigenvalue weighted by Gasteiger charge is 2.27. The summed E-state index contributed by atoms with van der Waals surface area (Å²) in [6, 6.07) is 16.5. The van der Waals surface area contributed by atoms with E-state index in [-0.39, 0.29) is 11.9 Å². The number of carbonyl (C=O) groups excluding carboxylic acids is 1. The minimum atomic E-state index is 0.0755. The van der Waals surface area contributed by atoms with Crippen molar-refractivity contribution < 1.29 is 4.79 Å². The van der Waals surface area contributed by atoms with Crippen molar-refractivity contribution in [3.63, 3.8) is 0 Å². The third-order valence-electron chi connectivity index (χ3n) is 4.41. The summed E-state index contributed by atoms with van der Waals surface area (Å²) < 4.78 is 0. The van der Waals surface area contributed by atoms with Crippen molar-refractivity contribution in [1.82, 2.24) is 10.3 Å². The predicted octanol–water partition coefficient (Wildman–Crippen LogP) is 3.47. The van der Waals surface area contributed by atoms with E-state index < -0.39 is 0 Å². The molecule has 1 aliphatic rings. The van der Waals surface area contributed by atoms with E-state index in [1.807, 2.05) is 24.3 Å². The van der Waals surface area contributed by atoms with Gasteiger partial charge in [0.15, 0.2) is 0 Å². The Morgan fingerprint density at radius 1 is 1.05 bits per heavy atom.